The highest BCUT2D eigenvalue weighted by Gasteiger charge is 2.10. The number of non-ortho nitro benzene ring substituents is 1. The standard InChI is InChI=1S/C17H18Br2ClN3O3.ClH/c1-2-26-17-11(7-12(18)8-14(17)19)10-21-5-6-22-16-4-3-13(23(24)25)9-15(16)20;/h3-4,7-9,21-22H,2,5-6,10H2,1H3;1H. The average Bonchev–Trinajstić information content (AvgIpc) is 2.58. The first-order chi connectivity index (χ1) is 12.4. The van der Waals surface area contributed by atoms with Crippen LogP contribution in [0, 0.1) is 10.1 Å². The molecule has 0 aromatic heterocycles. The van der Waals surface area contributed by atoms with Gasteiger partial charge in [-0.15, -0.1) is 12.4 Å². The Morgan fingerprint density at radius 1 is 1.22 bits per heavy atom. The van der Waals surface area contributed by atoms with Crippen molar-refractivity contribution in [1.29, 1.82) is 0 Å². The first-order valence-corrected chi connectivity index (χ1v) is 9.88. The van der Waals surface area contributed by atoms with E-state index in [1.54, 1.807) is 6.07 Å². The first kappa shape index (κ1) is 24.0. The van der Waals surface area contributed by atoms with Crippen molar-refractivity contribution in [2.24, 2.45) is 0 Å². The summed E-state index contributed by atoms with van der Waals surface area (Å²) >= 11 is 13.1. The maximum Gasteiger partial charge on any atom is 0.271 e. The molecule has 0 aliphatic carbocycles. The predicted molar refractivity (Wildman–Crippen MR) is 119 cm³/mol. The summed E-state index contributed by atoms with van der Waals surface area (Å²) in [4.78, 5) is 10.3. The summed E-state index contributed by atoms with van der Waals surface area (Å²) in [7, 11) is 0. The molecule has 0 unspecified atom stereocenters. The quantitative estimate of drug-likeness (QED) is 0.238. The van der Waals surface area contributed by atoms with E-state index in [2.05, 4.69) is 42.5 Å². The van der Waals surface area contributed by atoms with E-state index in [1.165, 1.54) is 12.1 Å². The normalized spacial score (nSPS) is 10.2. The number of anilines is 1. The zero-order chi connectivity index (χ0) is 19.1. The number of hydrogen-bond donors (Lipinski definition) is 2. The van der Waals surface area contributed by atoms with E-state index in [1.807, 2.05) is 19.1 Å². The summed E-state index contributed by atoms with van der Waals surface area (Å²) in [6, 6.07) is 8.34. The van der Waals surface area contributed by atoms with Crippen molar-refractivity contribution in [1.82, 2.24) is 5.32 Å². The molecule has 0 saturated heterocycles. The average molecular weight is 544 g/mol. The molecule has 10 heteroatoms. The fourth-order valence-electron chi connectivity index (χ4n) is 2.32. The van der Waals surface area contributed by atoms with Crippen LogP contribution in [0.15, 0.2) is 39.3 Å². The summed E-state index contributed by atoms with van der Waals surface area (Å²) in [6.07, 6.45) is 0. The molecule has 0 atom stereocenters. The minimum atomic E-state index is -0.469. The van der Waals surface area contributed by atoms with Crippen molar-refractivity contribution in [3.05, 3.63) is 60.0 Å². The second-order valence-corrected chi connectivity index (χ2v) is 7.51. The molecule has 2 rings (SSSR count). The van der Waals surface area contributed by atoms with Gasteiger partial charge in [-0.25, -0.2) is 0 Å². The second kappa shape index (κ2) is 11.7. The first-order valence-electron chi connectivity index (χ1n) is 7.91. The van der Waals surface area contributed by atoms with Crippen LogP contribution >= 0.6 is 55.9 Å². The van der Waals surface area contributed by atoms with Crippen LogP contribution in [0.5, 0.6) is 5.75 Å². The molecule has 0 spiro atoms. The number of benzene rings is 2. The SMILES string of the molecule is CCOc1c(Br)cc(Br)cc1CNCCNc1ccc([N+](=O)[O-])cc1Cl.Cl. The zero-order valence-corrected chi connectivity index (χ0v) is 19.2. The molecule has 6 nitrogen and oxygen atoms in total. The van der Waals surface area contributed by atoms with Crippen molar-refractivity contribution in [2.75, 3.05) is 25.0 Å². The van der Waals surface area contributed by atoms with Gasteiger partial charge in [-0.3, -0.25) is 10.1 Å². The van der Waals surface area contributed by atoms with Crippen LogP contribution < -0.4 is 15.4 Å². The Labute approximate surface area is 185 Å². The van der Waals surface area contributed by atoms with Crippen LogP contribution in [0.2, 0.25) is 5.02 Å². The van der Waals surface area contributed by atoms with Gasteiger partial charge in [0.25, 0.3) is 5.69 Å². The number of ether oxygens (including phenoxy) is 1. The lowest BCUT2D eigenvalue weighted by atomic mass is 10.2. The van der Waals surface area contributed by atoms with Crippen molar-refractivity contribution >= 4 is 67.2 Å². The van der Waals surface area contributed by atoms with Crippen LogP contribution in [0.3, 0.4) is 0 Å². The smallest absolute Gasteiger partial charge is 0.271 e. The fraction of sp³-hybridized carbons (Fsp3) is 0.294. The van der Waals surface area contributed by atoms with Crippen molar-refractivity contribution in [3.8, 4) is 5.75 Å². The molecule has 0 heterocycles. The molecule has 0 amide bonds. The Bertz CT molecular complexity index is 794. The molecule has 2 N–H and O–H groups in total. The van der Waals surface area contributed by atoms with Gasteiger partial charge in [0.05, 0.1) is 26.7 Å². The molecule has 0 radical (unpaired) electrons. The summed E-state index contributed by atoms with van der Waals surface area (Å²) in [5.41, 5.74) is 1.68. The Morgan fingerprint density at radius 2 is 1.96 bits per heavy atom. The number of nitro benzene ring substituents is 1. The van der Waals surface area contributed by atoms with Gasteiger partial charge in [-0.2, -0.15) is 0 Å². The minimum absolute atomic E-state index is 0. The van der Waals surface area contributed by atoms with E-state index >= 15 is 0 Å². The third kappa shape index (κ3) is 7.12. The van der Waals surface area contributed by atoms with Crippen molar-refractivity contribution in [2.45, 2.75) is 13.5 Å². The number of nitrogens with zero attached hydrogens (tertiary/aromatic N) is 1. The van der Waals surface area contributed by atoms with E-state index in [0.717, 1.165) is 20.3 Å². The molecule has 0 fully saturated rings. The maximum atomic E-state index is 10.7. The molecular weight excluding hydrogens is 525 g/mol. The maximum absolute atomic E-state index is 10.7. The van der Waals surface area contributed by atoms with Gasteiger partial charge in [0, 0.05) is 41.8 Å². The van der Waals surface area contributed by atoms with Gasteiger partial charge < -0.3 is 15.4 Å². The number of nitrogens with one attached hydrogen (secondary N) is 2. The highest BCUT2D eigenvalue weighted by atomic mass is 79.9. The lowest BCUT2D eigenvalue weighted by Crippen LogP contribution is -2.22. The lowest BCUT2D eigenvalue weighted by Gasteiger charge is -2.14. The highest BCUT2D eigenvalue weighted by Crippen LogP contribution is 2.33. The number of halogens is 4. The largest absolute Gasteiger partial charge is 0.492 e. The number of nitro groups is 1. The summed E-state index contributed by atoms with van der Waals surface area (Å²) < 4.78 is 7.58. The number of rotatable bonds is 9. The Hall–Kier alpha value is -1.06. The second-order valence-electron chi connectivity index (χ2n) is 5.33. The molecule has 2 aromatic rings. The molecule has 0 saturated carbocycles. The van der Waals surface area contributed by atoms with Crippen molar-refractivity contribution < 1.29 is 9.66 Å². The topological polar surface area (TPSA) is 76.4 Å². The third-order valence-electron chi connectivity index (χ3n) is 3.47. The van der Waals surface area contributed by atoms with Crippen LogP contribution in [0.1, 0.15) is 12.5 Å². The monoisotopic (exact) mass is 541 g/mol. The van der Waals surface area contributed by atoms with Crippen LogP contribution in [-0.2, 0) is 6.54 Å². The molecule has 27 heavy (non-hydrogen) atoms. The van der Waals surface area contributed by atoms with E-state index in [9.17, 15) is 10.1 Å². The molecule has 0 bridgehead atoms. The summed E-state index contributed by atoms with van der Waals surface area (Å²) in [6.45, 7) is 4.49. The lowest BCUT2D eigenvalue weighted by molar-refractivity contribution is -0.384. The molecule has 0 aliphatic heterocycles. The Kier molecular flexibility index (Phi) is 10.4. The van der Waals surface area contributed by atoms with Crippen LogP contribution in [-0.4, -0.2) is 24.6 Å². The van der Waals surface area contributed by atoms with Gasteiger partial charge >= 0.3 is 0 Å². The molecule has 2 aromatic carbocycles. The van der Waals surface area contributed by atoms with E-state index in [0.29, 0.717) is 37.0 Å². The summed E-state index contributed by atoms with van der Waals surface area (Å²) in [5.74, 6) is 0.828. The molecule has 148 valence electrons. The fourth-order valence-corrected chi connectivity index (χ4v) is 3.99. The minimum Gasteiger partial charge on any atom is -0.492 e. The highest BCUT2D eigenvalue weighted by molar-refractivity contribution is 9.11. The van der Waals surface area contributed by atoms with E-state index in [4.69, 9.17) is 16.3 Å². The number of hydrogen-bond acceptors (Lipinski definition) is 5. The van der Waals surface area contributed by atoms with Gasteiger partial charge in [0.2, 0.25) is 0 Å². The van der Waals surface area contributed by atoms with Crippen LogP contribution in [0.25, 0.3) is 0 Å². The van der Waals surface area contributed by atoms with E-state index in [-0.39, 0.29) is 18.1 Å². The van der Waals surface area contributed by atoms with Gasteiger partial charge in [-0.1, -0.05) is 27.5 Å². The zero-order valence-electron chi connectivity index (χ0n) is 14.4. The predicted octanol–water partition coefficient (Wildman–Crippen LogP) is 5.80. The Balaban J connectivity index is 0.00000364. The van der Waals surface area contributed by atoms with Gasteiger partial charge in [-0.05, 0) is 41.1 Å². The van der Waals surface area contributed by atoms with Gasteiger partial charge in [0.1, 0.15) is 5.75 Å². The molecular formula is C17H19Br2Cl2N3O3. The van der Waals surface area contributed by atoms with Crippen LogP contribution in [0.4, 0.5) is 11.4 Å². The summed E-state index contributed by atoms with van der Waals surface area (Å²) in [5, 5.41) is 17.5. The Morgan fingerprint density at radius 3 is 2.59 bits per heavy atom. The third-order valence-corrected chi connectivity index (χ3v) is 4.83. The van der Waals surface area contributed by atoms with Crippen molar-refractivity contribution in [3.63, 3.8) is 0 Å². The molecule has 0 aliphatic rings. The van der Waals surface area contributed by atoms with E-state index < -0.39 is 4.92 Å². The van der Waals surface area contributed by atoms with Gasteiger partial charge in [0.15, 0.2) is 0 Å².